The molecule has 0 fully saturated rings. The number of benzene rings is 3. The predicted molar refractivity (Wildman–Crippen MR) is 110 cm³/mol. The molecule has 1 aliphatic rings. The zero-order valence-electron chi connectivity index (χ0n) is 16.2. The number of esters is 1. The summed E-state index contributed by atoms with van der Waals surface area (Å²) in [5.74, 6) is 1.48. The van der Waals surface area contributed by atoms with Crippen molar-refractivity contribution >= 4 is 17.8 Å². The Morgan fingerprint density at radius 2 is 1.63 bits per heavy atom. The number of hydrogen-bond acceptors (Lipinski definition) is 6. The first-order valence-electron chi connectivity index (χ1n) is 9.21. The van der Waals surface area contributed by atoms with Crippen molar-refractivity contribution in [2.75, 3.05) is 13.9 Å². The fourth-order valence-electron chi connectivity index (χ4n) is 2.89. The third-order valence-electron chi connectivity index (χ3n) is 4.48. The molecule has 0 atom stereocenters. The number of carbonyl (C=O) groups is 2. The molecule has 4 rings (SSSR count). The maximum absolute atomic E-state index is 12.4. The van der Waals surface area contributed by atoms with Gasteiger partial charge in [0.25, 0.3) is 0 Å². The van der Waals surface area contributed by atoms with E-state index in [1.165, 1.54) is 6.08 Å². The summed E-state index contributed by atoms with van der Waals surface area (Å²) in [5.41, 5.74) is 1.69. The number of ether oxygens (including phenoxy) is 4. The van der Waals surface area contributed by atoms with Gasteiger partial charge < -0.3 is 18.9 Å². The van der Waals surface area contributed by atoms with Crippen molar-refractivity contribution in [3.63, 3.8) is 0 Å². The second kappa shape index (κ2) is 8.53. The summed E-state index contributed by atoms with van der Waals surface area (Å²) in [4.78, 5) is 24.7. The number of carbonyl (C=O) groups excluding carboxylic acids is 2. The van der Waals surface area contributed by atoms with Gasteiger partial charge in [0.15, 0.2) is 17.3 Å². The van der Waals surface area contributed by atoms with E-state index in [-0.39, 0.29) is 12.6 Å². The highest BCUT2D eigenvalue weighted by Crippen LogP contribution is 2.32. The van der Waals surface area contributed by atoms with Crippen LogP contribution in [0.2, 0.25) is 0 Å². The van der Waals surface area contributed by atoms with Crippen LogP contribution in [0.15, 0.2) is 72.8 Å². The van der Waals surface area contributed by atoms with Crippen LogP contribution in [0.5, 0.6) is 23.0 Å². The molecule has 3 aromatic carbocycles. The van der Waals surface area contributed by atoms with Crippen LogP contribution in [0.3, 0.4) is 0 Å². The molecule has 0 spiro atoms. The summed E-state index contributed by atoms with van der Waals surface area (Å²) in [6.45, 7) is 0.135. The Balaban J connectivity index is 1.40. The van der Waals surface area contributed by atoms with Crippen molar-refractivity contribution < 1.29 is 28.5 Å². The molecular formula is C24H18O6. The number of methoxy groups -OCH3 is 1. The maximum Gasteiger partial charge on any atom is 0.343 e. The molecule has 1 heterocycles. The van der Waals surface area contributed by atoms with Crippen LogP contribution >= 0.6 is 0 Å². The van der Waals surface area contributed by atoms with Gasteiger partial charge in [-0.3, -0.25) is 4.79 Å². The van der Waals surface area contributed by atoms with Crippen LogP contribution in [0.25, 0.3) is 6.08 Å². The predicted octanol–water partition coefficient (Wildman–Crippen LogP) is 4.54. The van der Waals surface area contributed by atoms with Crippen LogP contribution in [0.1, 0.15) is 26.3 Å². The first-order chi connectivity index (χ1) is 14.6. The largest absolute Gasteiger partial charge is 0.497 e. The van der Waals surface area contributed by atoms with Gasteiger partial charge in [-0.2, -0.15) is 0 Å². The van der Waals surface area contributed by atoms with E-state index in [0.717, 1.165) is 11.3 Å². The van der Waals surface area contributed by atoms with Crippen LogP contribution in [0.4, 0.5) is 0 Å². The van der Waals surface area contributed by atoms with Crippen LogP contribution in [0, 0.1) is 0 Å². The van der Waals surface area contributed by atoms with Crippen molar-refractivity contribution in [2.24, 2.45) is 0 Å². The van der Waals surface area contributed by atoms with E-state index < -0.39 is 5.97 Å². The van der Waals surface area contributed by atoms with Crippen LogP contribution in [-0.4, -0.2) is 25.7 Å². The lowest BCUT2D eigenvalue weighted by Gasteiger charge is -2.06. The second-order valence-electron chi connectivity index (χ2n) is 6.46. The molecule has 1 aliphatic heterocycles. The highest BCUT2D eigenvalue weighted by molar-refractivity contribution is 6.06. The second-order valence-corrected chi connectivity index (χ2v) is 6.46. The van der Waals surface area contributed by atoms with Crippen LogP contribution < -0.4 is 18.9 Å². The summed E-state index contributed by atoms with van der Waals surface area (Å²) in [5, 5.41) is 0. The van der Waals surface area contributed by atoms with Crippen molar-refractivity contribution in [1.82, 2.24) is 0 Å². The first kappa shape index (κ1) is 19.3. The molecule has 0 aromatic heterocycles. The summed E-state index contributed by atoms with van der Waals surface area (Å²) >= 11 is 0. The Kier molecular flexibility index (Phi) is 5.48. The molecule has 0 bridgehead atoms. The minimum atomic E-state index is -0.523. The molecule has 0 saturated carbocycles. The van der Waals surface area contributed by atoms with E-state index in [4.69, 9.17) is 18.9 Å². The van der Waals surface area contributed by atoms with Gasteiger partial charge in [-0.1, -0.05) is 18.2 Å². The first-order valence-corrected chi connectivity index (χ1v) is 9.21. The molecule has 3 aromatic rings. The molecule has 0 amide bonds. The average Bonchev–Trinajstić information content (AvgIpc) is 3.26. The van der Waals surface area contributed by atoms with E-state index >= 15 is 0 Å². The third-order valence-corrected chi connectivity index (χ3v) is 4.48. The lowest BCUT2D eigenvalue weighted by Crippen LogP contribution is -2.08. The summed E-state index contributed by atoms with van der Waals surface area (Å²) in [6, 6.07) is 18.6. The Bertz CT molecular complexity index is 1110. The number of ketones is 1. The fraction of sp³-hybridized carbons (Fsp3) is 0.0833. The van der Waals surface area contributed by atoms with E-state index in [1.54, 1.807) is 55.7 Å². The van der Waals surface area contributed by atoms with E-state index in [9.17, 15) is 9.59 Å². The highest BCUT2D eigenvalue weighted by Gasteiger charge is 2.17. The smallest absolute Gasteiger partial charge is 0.343 e. The summed E-state index contributed by atoms with van der Waals surface area (Å²) in [7, 11) is 1.59. The zero-order valence-corrected chi connectivity index (χ0v) is 16.2. The van der Waals surface area contributed by atoms with Crippen molar-refractivity contribution in [1.29, 1.82) is 0 Å². The van der Waals surface area contributed by atoms with Gasteiger partial charge in [0.05, 0.1) is 12.7 Å². The van der Waals surface area contributed by atoms with E-state index in [2.05, 4.69) is 0 Å². The van der Waals surface area contributed by atoms with Gasteiger partial charge in [0.1, 0.15) is 11.5 Å². The van der Waals surface area contributed by atoms with Crippen LogP contribution in [-0.2, 0) is 0 Å². The van der Waals surface area contributed by atoms with Gasteiger partial charge in [-0.05, 0) is 66.2 Å². The van der Waals surface area contributed by atoms with E-state index in [1.807, 2.05) is 24.3 Å². The lowest BCUT2D eigenvalue weighted by molar-refractivity contribution is 0.0734. The van der Waals surface area contributed by atoms with Crippen molar-refractivity contribution in [3.05, 3.63) is 89.5 Å². The number of hydrogen-bond donors (Lipinski definition) is 0. The van der Waals surface area contributed by atoms with E-state index in [0.29, 0.717) is 28.4 Å². The van der Waals surface area contributed by atoms with Gasteiger partial charge in [0, 0.05) is 5.56 Å². The Labute approximate surface area is 173 Å². The van der Waals surface area contributed by atoms with Gasteiger partial charge in [0.2, 0.25) is 6.79 Å². The van der Waals surface area contributed by atoms with Gasteiger partial charge >= 0.3 is 5.97 Å². The van der Waals surface area contributed by atoms with Crippen molar-refractivity contribution in [3.8, 4) is 23.0 Å². The molecule has 0 radical (unpaired) electrons. The van der Waals surface area contributed by atoms with Gasteiger partial charge in [-0.25, -0.2) is 4.79 Å². The normalized spacial score (nSPS) is 12.0. The molecule has 6 nitrogen and oxygen atoms in total. The standard InChI is InChI=1S/C24H18O6/c1-27-20-4-2-3-16(13-20)5-11-21(25)17-6-9-19(10-7-17)30-24(26)18-8-12-22-23(14-18)29-15-28-22/h2-14H,15H2,1H3/b11-5+. The topological polar surface area (TPSA) is 71.1 Å². The summed E-state index contributed by atoms with van der Waals surface area (Å²) < 4.78 is 21.0. The number of fused-ring (bicyclic) bond motifs is 1. The molecule has 0 saturated heterocycles. The molecule has 30 heavy (non-hydrogen) atoms. The zero-order chi connectivity index (χ0) is 20.9. The van der Waals surface area contributed by atoms with Crippen molar-refractivity contribution in [2.45, 2.75) is 0 Å². The SMILES string of the molecule is COc1cccc(/C=C/C(=O)c2ccc(OC(=O)c3ccc4c(c3)OCO4)cc2)c1. The molecule has 6 heteroatoms. The molecule has 0 aliphatic carbocycles. The molecular weight excluding hydrogens is 384 g/mol. The third kappa shape index (κ3) is 4.33. The summed E-state index contributed by atoms with van der Waals surface area (Å²) in [6.07, 6.45) is 3.21. The fourth-order valence-corrected chi connectivity index (χ4v) is 2.89. The minimum Gasteiger partial charge on any atom is -0.497 e. The minimum absolute atomic E-state index is 0.135. The number of rotatable bonds is 6. The Morgan fingerprint density at radius 3 is 2.43 bits per heavy atom. The van der Waals surface area contributed by atoms with Gasteiger partial charge in [-0.15, -0.1) is 0 Å². The lowest BCUT2D eigenvalue weighted by atomic mass is 10.1. The highest BCUT2D eigenvalue weighted by atomic mass is 16.7. The Hall–Kier alpha value is -4.06. The number of allylic oxidation sites excluding steroid dienone is 1. The molecule has 0 unspecified atom stereocenters. The monoisotopic (exact) mass is 402 g/mol. The maximum atomic E-state index is 12.4. The quantitative estimate of drug-likeness (QED) is 0.261. The Morgan fingerprint density at radius 1 is 0.867 bits per heavy atom. The average molecular weight is 402 g/mol. The molecule has 0 N–H and O–H groups in total. The molecule has 150 valence electrons.